The molecule has 53 heavy (non-hydrogen) atoms. The number of cyclic esters (lactones) is 1. The lowest BCUT2D eigenvalue weighted by Crippen LogP contribution is -2.62. The number of rotatable bonds is 7. The summed E-state index contributed by atoms with van der Waals surface area (Å²) in [5.41, 5.74) is 1.11. The molecule has 0 saturated carbocycles. The van der Waals surface area contributed by atoms with Crippen LogP contribution in [0.25, 0.3) is 0 Å². The second-order valence-corrected chi connectivity index (χ2v) is 15.5. The SMILES string of the molecule is C=C1C[C@H]2CCCC(=O)O[C@@H]([C@@H](C)O)C[C@@H]3C/C(=C\C(=O)OC)[C@H](OC(=O)/C=C/C=C/CCC)[C@@](O)(O3)C(C)(C)/C=C/[C@H]3CC(=C)C[C@@H](C[C@@H](C1)O2)O3. The van der Waals surface area contributed by atoms with Crippen LogP contribution in [0.3, 0.4) is 0 Å². The molecule has 0 aliphatic carbocycles. The third kappa shape index (κ3) is 12.1. The number of unbranched alkanes of at least 4 members (excludes halogenated alkanes) is 1. The van der Waals surface area contributed by atoms with Crippen molar-refractivity contribution in [3.63, 3.8) is 0 Å². The van der Waals surface area contributed by atoms with Crippen molar-refractivity contribution in [2.75, 3.05) is 7.11 Å². The Labute approximate surface area is 314 Å². The van der Waals surface area contributed by atoms with Crippen LogP contribution < -0.4 is 0 Å². The van der Waals surface area contributed by atoms with Gasteiger partial charge in [-0.2, -0.15) is 0 Å². The van der Waals surface area contributed by atoms with Crippen LogP contribution in [-0.2, 0) is 42.8 Å². The zero-order valence-corrected chi connectivity index (χ0v) is 32.1. The minimum absolute atomic E-state index is 0.00729. The van der Waals surface area contributed by atoms with E-state index in [1.54, 1.807) is 32.1 Å². The van der Waals surface area contributed by atoms with Crippen molar-refractivity contribution < 1.29 is 53.0 Å². The van der Waals surface area contributed by atoms with Gasteiger partial charge in [-0.05, 0) is 63.9 Å². The Morgan fingerprint density at radius 2 is 1.70 bits per heavy atom. The maximum absolute atomic E-state index is 13.2. The van der Waals surface area contributed by atoms with Gasteiger partial charge in [0, 0.05) is 36.8 Å². The molecule has 2 N–H and O–H groups in total. The Bertz CT molecular complexity index is 1440. The molecule has 0 radical (unpaired) electrons. The first-order valence-electron chi connectivity index (χ1n) is 19.1. The van der Waals surface area contributed by atoms with E-state index in [1.807, 2.05) is 19.1 Å². The van der Waals surface area contributed by atoms with Crippen LogP contribution in [0.2, 0.25) is 0 Å². The van der Waals surface area contributed by atoms with Crippen molar-refractivity contribution in [3.05, 3.63) is 72.4 Å². The largest absolute Gasteiger partial charge is 0.466 e. The van der Waals surface area contributed by atoms with Gasteiger partial charge in [-0.15, -0.1) is 0 Å². The van der Waals surface area contributed by atoms with E-state index in [0.717, 1.165) is 36.8 Å². The van der Waals surface area contributed by atoms with Crippen LogP contribution in [0, 0.1) is 5.41 Å². The number of allylic oxidation sites excluding steroid dienone is 3. The number of hydrogen-bond acceptors (Lipinski definition) is 11. The molecule has 0 spiro atoms. The highest BCUT2D eigenvalue weighted by Gasteiger charge is 2.57. The van der Waals surface area contributed by atoms with Gasteiger partial charge in [-0.3, -0.25) is 4.79 Å². The second-order valence-electron chi connectivity index (χ2n) is 15.5. The molecule has 4 rings (SSSR count). The monoisotopic (exact) mass is 740 g/mol. The lowest BCUT2D eigenvalue weighted by Gasteiger charge is -2.51. The van der Waals surface area contributed by atoms with E-state index in [-0.39, 0.29) is 49.3 Å². The normalized spacial score (nSPS) is 35.0. The van der Waals surface area contributed by atoms with Crippen molar-refractivity contribution in [1.82, 2.24) is 0 Å². The summed E-state index contributed by atoms with van der Waals surface area (Å²) in [6, 6.07) is 0. The van der Waals surface area contributed by atoms with E-state index in [4.69, 9.17) is 28.4 Å². The predicted molar refractivity (Wildman–Crippen MR) is 199 cm³/mol. The number of aliphatic hydroxyl groups is 2. The molecule has 0 aromatic rings. The fourth-order valence-electron chi connectivity index (χ4n) is 7.49. The second kappa shape index (κ2) is 19.3. The summed E-state index contributed by atoms with van der Waals surface area (Å²) in [6.45, 7) is 15.6. The smallest absolute Gasteiger partial charge is 0.331 e. The minimum atomic E-state index is -2.25. The third-order valence-corrected chi connectivity index (χ3v) is 10.4. The number of fused-ring (bicyclic) bond motifs is 6. The molecule has 0 amide bonds. The standard InChI is InChI=1S/C42H60O11/c1-8-9-10-11-12-15-38(45)52-40-30(24-39(46)48-7)23-35-26-36(29(4)43)51-37(44)16-13-14-31-19-27(2)21-33(49-31)25-34-22-28(3)20-32(50-34)17-18-41(5,6)42(40,47)53-35/h10-12,15,17-18,24,29,31-36,40,43,47H,2-3,8-9,13-14,16,19-23,25-26H2,1,4-7H3/b11-10+,15-12+,18-17+,30-24+/t29-,31-,32+,33-,34+,35+,36-,40+,42-/m1/s1. The highest BCUT2D eigenvalue weighted by molar-refractivity contribution is 5.84. The van der Waals surface area contributed by atoms with Crippen molar-refractivity contribution >= 4 is 17.9 Å². The first-order chi connectivity index (χ1) is 25.1. The van der Waals surface area contributed by atoms with E-state index < -0.39 is 53.5 Å². The van der Waals surface area contributed by atoms with E-state index in [9.17, 15) is 24.6 Å². The quantitative estimate of drug-likeness (QED) is 0.0978. The zero-order chi connectivity index (χ0) is 38.8. The van der Waals surface area contributed by atoms with Crippen LogP contribution in [0.5, 0.6) is 0 Å². The van der Waals surface area contributed by atoms with Gasteiger partial charge in [0.1, 0.15) is 6.10 Å². The fraction of sp³-hybridized carbons (Fsp3) is 0.643. The van der Waals surface area contributed by atoms with Crippen LogP contribution in [0.4, 0.5) is 0 Å². The number of ether oxygens (including phenoxy) is 6. The van der Waals surface area contributed by atoms with Crippen molar-refractivity contribution in [2.24, 2.45) is 5.41 Å². The summed E-state index contributed by atoms with van der Waals surface area (Å²) in [6.07, 6.45) is 12.7. The third-order valence-electron chi connectivity index (χ3n) is 10.4. The Morgan fingerprint density at radius 1 is 1.00 bits per heavy atom. The fourth-order valence-corrected chi connectivity index (χ4v) is 7.49. The summed E-state index contributed by atoms with van der Waals surface area (Å²) in [4.78, 5) is 39.1. The van der Waals surface area contributed by atoms with Gasteiger partial charge in [0.2, 0.25) is 5.79 Å². The van der Waals surface area contributed by atoms with Crippen LogP contribution in [0.15, 0.2) is 72.4 Å². The molecule has 3 fully saturated rings. The van der Waals surface area contributed by atoms with Crippen LogP contribution in [-0.4, -0.2) is 89.8 Å². The van der Waals surface area contributed by atoms with Crippen molar-refractivity contribution in [1.29, 1.82) is 0 Å². The molecule has 4 heterocycles. The Kier molecular flexibility index (Phi) is 15.4. The molecule has 0 unspecified atom stereocenters. The molecule has 0 aromatic heterocycles. The molecule has 4 aliphatic heterocycles. The zero-order valence-electron chi connectivity index (χ0n) is 32.1. The van der Waals surface area contributed by atoms with Crippen molar-refractivity contribution in [3.8, 4) is 0 Å². The number of methoxy groups -OCH3 is 1. The lowest BCUT2D eigenvalue weighted by atomic mass is 9.74. The molecule has 0 aromatic carbocycles. The number of carbonyl (C=O) groups excluding carboxylic acids is 3. The number of aliphatic hydroxyl groups excluding tert-OH is 1. The Morgan fingerprint density at radius 3 is 2.40 bits per heavy atom. The van der Waals surface area contributed by atoms with Gasteiger partial charge in [-0.1, -0.05) is 81.9 Å². The number of hydrogen-bond donors (Lipinski definition) is 2. The molecule has 3 saturated heterocycles. The average Bonchev–Trinajstić information content (AvgIpc) is 3.07. The minimum Gasteiger partial charge on any atom is -0.466 e. The molecular weight excluding hydrogens is 680 g/mol. The molecule has 9 atom stereocenters. The summed E-state index contributed by atoms with van der Waals surface area (Å²) in [5, 5.41) is 23.5. The van der Waals surface area contributed by atoms with Crippen molar-refractivity contribution in [2.45, 2.75) is 159 Å². The van der Waals surface area contributed by atoms with E-state index in [0.29, 0.717) is 32.1 Å². The molecule has 11 nitrogen and oxygen atoms in total. The molecule has 4 aliphatic rings. The van der Waals surface area contributed by atoms with Gasteiger partial charge in [0.25, 0.3) is 0 Å². The Hall–Kier alpha value is -3.35. The lowest BCUT2D eigenvalue weighted by molar-refractivity contribution is -0.327. The van der Waals surface area contributed by atoms with E-state index in [1.165, 1.54) is 26.2 Å². The van der Waals surface area contributed by atoms with Crippen LogP contribution in [0.1, 0.15) is 105 Å². The van der Waals surface area contributed by atoms with Gasteiger partial charge < -0.3 is 38.6 Å². The predicted octanol–water partition coefficient (Wildman–Crippen LogP) is 6.43. The Balaban J connectivity index is 1.75. The van der Waals surface area contributed by atoms with E-state index in [2.05, 4.69) is 13.2 Å². The molecule has 294 valence electrons. The molecule has 11 heteroatoms. The molecular formula is C42H60O11. The number of esters is 3. The first-order valence-corrected chi connectivity index (χ1v) is 19.1. The van der Waals surface area contributed by atoms with Crippen LogP contribution >= 0.6 is 0 Å². The summed E-state index contributed by atoms with van der Waals surface area (Å²) < 4.78 is 36.2. The topological polar surface area (TPSA) is 147 Å². The summed E-state index contributed by atoms with van der Waals surface area (Å²) in [5.74, 6) is -4.21. The van der Waals surface area contributed by atoms with Gasteiger partial charge >= 0.3 is 17.9 Å². The van der Waals surface area contributed by atoms with Gasteiger partial charge in [0.05, 0.1) is 43.7 Å². The maximum atomic E-state index is 13.2. The molecule has 6 bridgehead atoms. The average molecular weight is 741 g/mol. The summed E-state index contributed by atoms with van der Waals surface area (Å²) >= 11 is 0. The highest BCUT2D eigenvalue weighted by atomic mass is 16.7. The number of carbonyl (C=O) groups is 3. The van der Waals surface area contributed by atoms with Gasteiger partial charge in [-0.25, -0.2) is 9.59 Å². The summed E-state index contributed by atoms with van der Waals surface area (Å²) in [7, 11) is 1.23. The first kappa shape index (κ1) is 42.4. The maximum Gasteiger partial charge on any atom is 0.331 e. The highest BCUT2D eigenvalue weighted by Crippen LogP contribution is 2.47. The van der Waals surface area contributed by atoms with Gasteiger partial charge in [0.15, 0.2) is 6.10 Å². The van der Waals surface area contributed by atoms with E-state index >= 15 is 0 Å².